The Morgan fingerprint density at radius 2 is 1.97 bits per heavy atom. The van der Waals surface area contributed by atoms with E-state index < -0.39 is 11.7 Å². The molecule has 0 saturated heterocycles. The molecule has 0 atom stereocenters. The molecular formula is C22H17FN6OS. The second-order valence-corrected chi connectivity index (χ2v) is 7.83. The molecule has 154 valence electrons. The second kappa shape index (κ2) is 7.77. The van der Waals surface area contributed by atoms with Crippen molar-refractivity contribution in [3.05, 3.63) is 83.5 Å². The highest BCUT2D eigenvalue weighted by Crippen LogP contribution is 2.26. The van der Waals surface area contributed by atoms with Crippen molar-refractivity contribution < 1.29 is 9.18 Å². The number of halogens is 1. The molecule has 9 heteroatoms. The van der Waals surface area contributed by atoms with E-state index in [2.05, 4.69) is 20.4 Å². The van der Waals surface area contributed by atoms with Crippen LogP contribution in [0.2, 0.25) is 0 Å². The SMILES string of the molecule is Cn1c(CNC(=O)c2nc(-c3cccs3)n(-c3cccc(F)c3)n2)nc2ccccc21. The third-order valence-corrected chi connectivity index (χ3v) is 5.76. The molecule has 0 spiro atoms. The van der Waals surface area contributed by atoms with Crippen LogP contribution >= 0.6 is 11.3 Å². The van der Waals surface area contributed by atoms with E-state index in [1.54, 1.807) is 12.1 Å². The zero-order valence-electron chi connectivity index (χ0n) is 16.5. The minimum Gasteiger partial charge on any atom is -0.342 e. The zero-order valence-corrected chi connectivity index (χ0v) is 17.3. The van der Waals surface area contributed by atoms with Crippen LogP contribution in [0.25, 0.3) is 27.4 Å². The number of hydrogen-bond donors (Lipinski definition) is 1. The van der Waals surface area contributed by atoms with E-state index >= 15 is 0 Å². The lowest BCUT2D eigenvalue weighted by molar-refractivity contribution is 0.0939. The lowest BCUT2D eigenvalue weighted by Gasteiger charge is -2.04. The Hall–Kier alpha value is -3.85. The molecule has 0 saturated carbocycles. The van der Waals surface area contributed by atoms with Gasteiger partial charge in [0, 0.05) is 7.05 Å². The number of para-hydroxylation sites is 2. The number of thiophene rings is 1. The minimum atomic E-state index is -0.431. The fourth-order valence-corrected chi connectivity index (χ4v) is 4.05. The summed E-state index contributed by atoms with van der Waals surface area (Å²) in [7, 11) is 1.91. The Labute approximate surface area is 180 Å². The van der Waals surface area contributed by atoms with Gasteiger partial charge in [0.1, 0.15) is 11.6 Å². The monoisotopic (exact) mass is 432 g/mol. The van der Waals surface area contributed by atoms with Gasteiger partial charge in [0.15, 0.2) is 5.82 Å². The van der Waals surface area contributed by atoms with Gasteiger partial charge in [-0.25, -0.2) is 19.0 Å². The fraction of sp³-hybridized carbons (Fsp3) is 0.0909. The van der Waals surface area contributed by atoms with Gasteiger partial charge < -0.3 is 9.88 Å². The largest absolute Gasteiger partial charge is 0.342 e. The van der Waals surface area contributed by atoms with Crippen LogP contribution in [0.1, 0.15) is 16.4 Å². The Kier molecular flexibility index (Phi) is 4.79. The summed E-state index contributed by atoms with van der Waals surface area (Å²) < 4.78 is 17.2. The lowest BCUT2D eigenvalue weighted by atomic mass is 10.3. The predicted octanol–water partition coefficient (Wildman–Crippen LogP) is 3.95. The van der Waals surface area contributed by atoms with Gasteiger partial charge in [-0.15, -0.1) is 16.4 Å². The molecule has 0 fully saturated rings. The molecule has 0 aliphatic carbocycles. The van der Waals surface area contributed by atoms with Crippen molar-refractivity contribution in [1.82, 2.24) is 29.6 Å². The average Bonchev–Trinajstić information content (AvgIpc) is 3.51. The number of imidazole rings is 1. The fourth-order valence-electron chi connectivity index (χ4n) is 3.35. The summed E-state index contributed by atoms with van der Waals surface area (Å²) in [6.45, 7) is 0.229. The first-order valence-corrected chi connectivity index (χ1v) is 10.4. The van der Waals surface area contributed by atoms with E-state index in [9.17, 15) is 9.18 Å². The number of fused-ring (bicyclic) bond motifs is 1. The smallest absolute Gasteiger partial charge is 0.291 e. The molecule has 7 nitrogen and oxygen atoms in total. The number of aryl methyl sites for hydroxylation is 1. The Balaban J connectivity index is 1.45. The van der Waals surface area contributed by atoms with Crippen LogP contribution in [0.3, 0.4) is 0 Å². The van der Waals surface area contributed by atoms with Crippen molar-refractivity contribution in [2.24, 2.45) is 7.05 Å². The molecule has 1 amide bonds. The topological polar surface area (TPSA) is 77.6 Å². The molecule has 3 heterocycles. The number of nitrogens with one attached hydrogen (secondary N) is 1. The van der Waals surface area contributed by atoms with Crippen molar-refractivity contribution in [1.29, 1.82) is 0 Å². The Morgan fingerprint density at radius 1 is 1.10 bits per heavy atom. The van der Waals surface area contributed by atoms with E-state index in [4.69, 9.17) is 0 Å². The van der Waals surface area contributed by atoms with E-state index in [1.807, 2.05) is 53.4 Å². The van der Waals surface area contributed by atoms with Gasteiger partial charge in [0.05, 0.1) is 28.1 Å². The third kappa shape index (κ3) is 3.59. The predicted molar refractivity (Wildman–Crippen MR) is 117 cm³/mol. The van der Waals surface area contributed by atoms with Gasteiger partial charge in [-0.1, -0.05) is 24.3 Å². The van der Waals surface area contributed by atoms with Gasteiger partial charge in [-0.3, -0.25) is 4.79 Å². The number of aromatic nitrogens is 5. The van der Waals surface area contributed by atoms with Gasteiger partial charge >= 0.3 is 0 Å². The molecule has 2 aromatic carbocycles. The highest BCUT2D eigenvalue weighted by Gasteiger charge is 2.20. The molecule has 0 aliphatic rings. The molecule has 5 rings (SSSR count). The van der Waals surface area contributed by atoms with Crippen LogP contribution in [0.4, 0.5) is 4.39 Å². The van der Waals surface area contributed by atoms with Crippen molar-refractivity contribution >= 4 is 28.3 Å². The number of carbonyl (C=O) groups is 1. The van der Waals surface area contributed by atoms with Crippen molar-refractivity contribution in [2.75, 3.05) is 0 Å². The van der Waals surface area contributed by atoms with Crippen molar-refractivity contribution in [3.63, 3.8) is 0 Å². The molecule has 0 aliphatic heterocycles. The van der Waals surface area contributed by atoms with E-state index in [1.165, 1.54) is 28.2 Å². The van der Waals surface area contributed by atoms with Gasteiger partial charge in [0.2, 0.25) is 5.82 Å². The number of hydrogen-bond acceptors (Lipinski definition) is 5. The number of amides is 1. The highest BCUT2D eigenvalue weighted by molar-refractivity contribution is 7.13. The summed E-state index contributed by atoms with van der Waals surface area (Å²) in [5.74, 6) is 0.385. The van der Waals surface area contributed by atoms with Crippen LogP contribution in [0.15, 0.2) is 66.0 Å². The number of benzene rings is 2. The van der Waals surface area contributed by atoms with Gasteiger partial charge in [-0.05, 0) is 41.8 Å². The highest BCUT2D eigenvalue weighted by atomic mass is 32.1. The summed E-state index contributed by atoms with van der Waals surface area (Å²) in [4.78, 5) is 22.6. The van der Waals surface area contributed by atoms with Crippen LogP contribution in [0, 0.1) is 5.82 Å². The normalized spacial score (nSPS) is 11.2. The second-order valence-electron chi connectivity index (χ2n) is 6.89. The van der Waals surface area contributed by atoms with E-state index in [0.717, 1.165) is 21.7 Å². The first kappa shape index (κ1) is 19.1. The van der Waals surface area contributed by atoms with Crippen molar-refractivity contribution in [2.45, 2.75) is 6.54 Å². The zero-order chi connectivity index (χ0) is 21.4. The molecule has 0 unspecified atom stereocenters. The first-order valence-electron chi connectivity index (χ1n) is 9.55. The molecule has 0 radical (unpaired) electrons. The summed E-state index contributed by atoms with van der Waals surface area (Å²) in [5.41, 5.74) is 2.34. The average molecular weight is 432 g/mol. The maximum Gasteiger partial charge on any atom is 0.291 e. The molecular weight excluding hydrogens is 415 g/mol. The number of carbonyl (C=O) groups excluding carboxylic acids is 1. The summed E-state index contributed by atoms with van der Waals surface area (Å²) >= 11 is 1.47. The molecule has 31 heavy (non-hydrogen) atoms. The number of nitrogens with zero attached hydrogens (tertiary/aromatic N) is 5. The standard InChI is InChI=1S/C22H17FN6OS/c1-28-17-9-3-2-8-16(17)25-19(28)13-24-22(30)20-26-21(18-10-5-11-31-18)29(27-20)15-7-4-6-14(23)12-15/h2-12H,13H2,1H3,(H,24,30). The summed E-state index contributed by atoms with van der Waals surface area (Å²) in [6, 6.07) is 17.6. The van der Waals surface area contributed by atoms with Crippen molar-refractivity contribution in [3.8, 4) is 16.4 Å². The Morgan fingerprint density at radius 3 is 2.74 bits per heavy atom. The van der Waals surface area contributed by atoms with Crippen LogP contribution in [-0.2, 0) is 13.6 Å². The summed E-state index contributed by atoms with van der Waals surface area (Å²) in [5, 5.41) is 9.10. The quantitative estimate of drug-likeness (QED) is 0.456. The van der Waals surface area contributed by atoms with Gasteiger partial charge in [0.25, 0.3) is 5.91 Å². The van der Waals surface area contributed by atoms with Crippen LogP contribution in [0.5, 0.6) is 0 Å². The van der Waals surface area contributed by atoms with E-state index in [-0.39, 0.29) is 12.4 Å². The molecule has 5 aromatic rings. The lowest BCUT2D eigenvalue weighted by Crippen LogP contribution is -2.25. The molecule has 1 N–H and O–H groups in total. The van der Waals surface area contributed by atoms with Crippen LogP contribution < -0.4 is 5.32 Å². The minimum absolute atomic E-state index is 0.00595. The third-order valence-electron chi connectivity index (χ3n) is 4.89. The molecule has 3 aromatic heterocycles. The summed E-state index contributed by atoms with van der Waals surface area (Å²) in [6.07, 6.45) is 0. The maximum atomic E-state index is 13.8. The first-order chi connectivity index (χ1) is 15.1. The molecule has 0 bridgehead atoms. The van der Waals surface area contributed by atoms with Gasteiger partial charge in [-0.2, -0.15) is 0 Å². The Bertz CT molecular complexity index is 1390. The van der Waals surface area contributed by atoms with E-state index in [0.29, 0.717) is 11.5 Å². The maximum absolute atomic E-state index is 13.8. The van der Waals surface area contributed by atoms with Crippen LogP contribution in [-0.4, -0.2) is 30.2 Å². The number of rotatable bonds is 5.